The zero-order valence-electron chi connectivity index (χ0n) is 20.1. The fourth-order valence-electron chi connectivity index (χ4n) is 4.22. The second-order valence-corrected chi connectivity index (χ2v) is 11.7. The third-order valence-corrected chi connectivity index (χ3v) is 9.39. The van der Waals surface area contributed by atoms with E-state index in [0.29, 0.717) is 53.6 Å². The minimum absolute atomic E-state index is 0.0541. The summed E-state index contributed by atoms with van der Waals surface area (Å²) in [5.41, 5.74) is 1.28. The molecule has 0 aliphatic carbocycles. The number of piperidine rings is 1. The molecule has 0 unspecified atom stereocenters. The molecule has 1 aliphatic heterocycles. The molecule has 2 N–H and O–H groups in total. The lowest BCUT2D eigenvalue weighted by atomic mass is 9.99. The van der Waals surface area contributed by atoms with Crippen LogP contribution in [-0.2, 0) is 14.8 Å². The van der Waals surface area contributed by atoms with Gasteiger partial charge in [-0.1, -0.05) is 30.3 Å². The topological polar surface area (TPSA) is 130 Å². The predicted molar refractivity (Wildman–Crippen MR) is 138 cm³/mol. The molecule has 0 atom stereocenters. The van der Waals surface area contributed by atoms with E-state index >= 15 is 0 Å². The van der Waals surface area contributed by atoms with E-state index in [4.69, 9.17) is 14.6 Å². The van der Waals surface area contributed by atoms with Crippen LogP contribution in [0.3, 0.4) is 0 Å². The van der Waals surface area contributed by atoms with Gasteiger partial charge >= 0.3 is 11.9 Å². The highest BCUT2D eigenvalue weighted by Gasteiger charge is 2.29. The van der Waals surface area contributed by atoms with E-state index in [1.54, 1.807) is 55.5 Å². The molecule has 37 heavy (non-hydrogen) atoms. The van der Waals surface area contributed by atoms with Gasteiger partial charge in [-0.05, 0) is 55.5 Å². The molecular weight excluding hydrogens is 518 g/mol. The van der Waals surface area contributed by atoms with Crippen molar-refractivity contribution < 1.29 is 37.7 Å². The number of rotatable bonds is 10. The number of sulfonamides is 1. The van der Waals surface area contributed by atoms with Crippen molar-refractivity contribution in [2.45, 2.75) is 24.7 Å². The summed E-state index contributed by atoms with van der Waals surface area (Å²) in [4.78, 5) is 23.5. The van der Waals surface area contributed by atoms with Gasteiger partial charge in [0.25, 0.3) is 0 Å². The minimum Gasteiger partial charge on any atom is -0.493 e. The van der Waals surface area contributed by atoms with Gasteiger partial charge < -0.3 is 19.7 Å². The summed E-state index contributed by atoms with van der Waals surface area (Å²) in [6.45, 7) is 2.35. The Balaban J connectivity index is 1.40. The van der Waals surface area contributed by atoms with Crippen molar-refractivity contribution >= 4 is 33.3 Å². The Morgan fingerprint density at radius 1 is 1.03 bits per heavy atom. The van der Waals surface area contributed by atoms with E-state index in [1.807, 2.05) is 6.07 Å². The molecule has 1 fully saturated rings. The number of hydrogen-bond donors (Lipinski definition) is 2. The Kier molecular flexibility index (Phi) is 8.16. The van der Waals surface area contributed by atoms with Crippen molar-refractivity contribution in [2.24, 2.45) is 5.92 Å². The van der Waals surface area contributed by atoms with Gasteiger partial charge in [-0.2, -0.15) is 4.31 Å². The lowest BCUT2D eigenvalue weighted by Gasteiger charge is -2.31. The van der Waals surface area contributed by atoms with Crippen LogP contribution in [0.2, 0.25) is 0 Å². The van der Waals surface area contributed by atoms with Crippen LogP contribution in [0.15, 0.2) is 59.5 Å². The number of ether oxygens (including phenoxy) is 2. The number of aromatic carboxylic acids is 1. The van der Waals surface area contributed by atoms with Gasteiger partial charge in [0, 0.05) is 23.5 Å². The maximum atomic E-state index is 12.8. The Hall–Kier alpha value is -3.41. The fraction of sp³-hybridized carbons (Fsp3) is 0.308. The predicted octanol–water partition coefficient (Wildman–Crippen LogP) is 4.36. The van der Waals surface area contributed by atoms with Crippen molar-refractivity contribution in [2.75, 3.05) is 26.3 Å². The summed E-state index contributed by atoms with van der Waals surface area (Å²) >= 11 is 1.02. The third-order valence-electron chi connectivity index (χ3n) is 6.16. The summed E-state index contributed by atoms with van der Waals surface area (Å²) in [5, 5.41) is 18.5. The van der Waals surface area contributed by atoms with E-state index in [2.05, 4.69) is 0 Å². The summed E-state index contributed by atoms with van der Waals surface area (Å²) in [6, 6.07) is 15.7. The van der Waals surface area contributed by atoms with Crippen molar-refractivity contribution in [3.8, 4) is 21.9 Å². The smallest absolute Gasteiger partial charge is 0.349 e. The standard InChI is InChI=1S/C26H27NO8S2/c1-17-23(35-16-22(28)29)25(26(30)31)36-24(17)19-6-5-7-20(14-19)34-15-18-10-12-27(13-11-18)37(32,33)21-8-3-2-4-9-21/h2-9,14,18H,10-13,15-16H2,1H3,(H,28,29)(H,30,31). The molecule has 0 bridgehead atoms. The monoisotopic (exact) mass is 545 g/mol. The van der Waals surface area contributed by atoms with Crippen LogP contribution < -0.4 is 9.47 Å². The van der Waals surface area contributed by atoms with Crippen LogP contribution in [0.1, 0.15) is 28.1 Å². The molecule has 196 valence electrons. The van der Waals surface area contributed by atoms with Crippen LogP contribution in [0.25, 0.3) is 10.4 Å². The van der Waals surface area contributed by atoms with Crippen LogP contribution in [-0.4, -0.2) is 61.2 Å². The van der Waals surface area contributed by atoms with Gasteiger partial charge in [-0.15, -0.1) is 11.3 Å². The molecule has 0 spiro atoms. The van der Waals surface area contributed by atoms with E-state index < -0.39 is 28.6 Å². The van der Waals surface area contributed by atoms with Crippen LogP contribution in [0.5, 0.6) is 11.5 Å². The second kappa shape index (κ2) is 11.3. The second-order valence-electron chi connectivity index (χ2n) is 8.70. The van der Waals surface area contributed by atoms with Gasteiger partial charge in [0.2, 0.25) is 10.0 Å². The SMILES string of the molecule is Cc1c(-c2cccc(OCC3CCN(S(=O)(=O)c4ccccc4)CC3)c2)sc(C(=O)O)c1OCC(=O)O. The van der Waals surface area contributed by atoms with Crippen LogP contribution in [0, 0.1) is 12.8 Å². The number of nitrogens with zero attached hydrogens (tertiary/aromatic N) is 1. The molecular formula is C26H27NO8S2. The number of thiophene rings is 1. The first-order valence-corrected chi connectivity index (χ1v) is 13.9. The molecule has 11 heteroatoms. The molecule has 0 radical (unpaired) electrons. The Bertz CT molecular complexity index is 1380. The molecule has 0 saturated carbocycles. The van der Waals surface area contributed by atoms with Crippen molar-refractivity contribution in [1.82, 2.24) is 4.31 Å². The van der Waals surface area contributed by atoms with E-state index in [9.17, 15) is 23.1 Å². The molecule has 1 saturated heterocycles. The average molecular weight is 546 g/mol. The maximum absolute atomic E-state index is 12.8. The van der Waals surface area contributed by atoms with Gasteiger partial charge in [-0.25, -0.2) is 18.0 Å². The number of aliphatic carboxylic acids is 1. The first-order valence-electron chi connectivity index (χ1n) is 11.7. The molecule has 4 rings (SSSR count). The zero-order chi connectivity index (χ0) is 26.6. The minimum atomic E-state index is -3.50. The fourth-order valence-corrected chi connectivity index (χ4v) is 6.80. The van der Waals surface area contributed by atoms with Gasteiger partial charge in [0.05, 0.1) is 11.5 Å². The number of hydrogen-bond acceptors (Lipinski definition) is 7. The number of carbonyl (C=O) groups is 2. The number of benzene rings is 2. The first kappa shape index (κ1) is 26.6. The van der Waals surface area contributed by atoms with Crippen molar-refractivity contribution in [1.29, 1.82) is 0 Å². The highest BCUT2D eigenvalue weighted by atomic mass is 32.2. The molecule has 2 aromatic carbocycles. The maximum Gasteiger partial charge on any atom is 0.349 e. The summed E-state index contributed by atoms with van der Waals surface area (Å²) in [5.74, 6) is -1.52. The Morgan fingerprint density at radius 3 is 2.38 bits per heavy atom. The normalized spacial score (nSPS) is 14.8. The summed E-state index contributed by atoms with van der Waals surface area (Å²) in [7, 11) is -3.50. The molecule has 2 heterocycles. The number of carboxylic acid groups (broad SMARTS) is 2. The van der Waals surface area contributed by atoms with Crippen LogP contribution >= 0.6 is 11.3 Å². The summed E-state index contributed by atoms with van der Waals surface area (Å²) < 4.78 is 38.5. The zero-order valence-corrected chi connectivity index (χ0v) is 21.8. The van der Waals surface area contributed by atoms with E-state index in [0.717, 1.165) is 16.9 Å². The average Bonchev–Trinajstić information content (AvgIpc) is 3.23. The van der Waals surface area contributed by atoms with E-state index in [1.165, 1.54) is 4.31 Å². The molecule has 3 aromatic rings. The van der Waals surface area contributed by atoms with Crippen LogP contribution in [0.4, 0.5) is 0 Å². The largest absolute Gasteiger partial charge is 0.493 e. The Morgan fingerprint density at radius 2 is 1.73 bits per heavy atom. The lowest BCUT2D eigenvalue weighted by molar-refractivity contribution is -0.139. The van der Waals surface area contributed by atoms with Gasteiger partial charge in [0.1, 0.15) is 11.5 Å². The summed E-state index contributed by atoms with van der Waals surface area (Å²) in [6.07, 6.45) is 1.37. The third kappa shape index (κ3) is 6.12. The molecule has 1 aromatic heterocycles. The highest BCUT2D eigenvalue weighted by molar-refractivity contribution is 7.89. The van der Waals surface area contributed by atoms with Gasteiger partial charge in [0.15, 0.2) is 11.5 Å². The highest BCUT2D eigenvalue weighted by Crippen LogP contribution is 2.42. The molecule has 9 nitrogen and oxygen atoms in total. The molecule has 1 aliphatic rings. The van der Waals surface area contributed by atoms with Crippen molar-refractivity contribution in [3.05, 3.63) is 65.0 Å². The first-order chi connectivity index (χ1) is 17.7. The van der Waals surface area contributed by atoms with Crippen molar-refractivity contribution in [3.63, 3.8) is 0 Å². The Labute approximate surface area is 218 Å². The number of carboxylic acids is 2. The van der Waals surface area contributed by atoms with Gasteiger partial charge in [-0.3, -0.25) is 0 Å². The lowest BCUT2D eigenvalue weighted by Crippen LogP contribution is -2.39. The quantitative estimate of drug-likeness (QED) is 0.384. The van der Waals surface area contributed by atoms with E-state index in [-0.39, 0.29) is 16.5 Å². The molecule has 0 amide bonds.